The van der Waals surface area contributed by atoms with E-state index in [-0.39, 0.29) is 31.4 Å². The molecule has 2 aliphatic rings. The van der Waals surface area contributed by atoms with Crippen LogP contribution in [0.15, 0.2) is 4.52 Å². The maximum absolute atomic E-state index is 12.5. The number of rotatable bonds is 6. The summed E-state index contributed by atoms with van der Waals surface area (Å²) < 4.78 is 10.8. The normalized spacial score (nSPS) is 18.5. The first kappa shape index (κ1) is 21.4. The highest BCUT2D eigenvalue weighted by Crippen LogP contribution is 2.30. The van der Waals surface area contributed by atoms with Crippen molar-refractivity contribution >= 4 is 24.4 Å². The second kappa shape index (κ2) is 8.88. The van der Waals surface area contributed by atoms with E-state index in [2.05, 4.69) is 29.3 Å². The van der Waals surface area contributed by atoms with Gasteiger partial charge in [-0.3, -0.25) is 9.69 Å². The van der Waals surface area contributed by atoms with Gasteiger partial charge >= 0.3 is 6.09 Å². The molecule has 1 aromatic heterocycles. The largest absolute Gasteiger partial charge is 0.441 e. The highest BCUT2D eigenvalue weighted by molar-refractivity contribution is 5.85. The highest BCUT2D eigenvalue weighted by atomic mass is 35.5. The van der Waals surface area contributed by atoms with Gasteiger partial charge < -0.3 is 19.5 Å². The van der Waals surface area contributed by atoms with Crippen molar-refractivity contribution in [1.82, 2.24) is 25.3 Å². The molecule has 0 radical (unpaired) electrons. The molecule has 0 bridgehead atoms. The first-order chi connectivity index (χ1) is 12.4. The van der Waals surface area contributed by atoms with Gasteiger partial charge in [0.2, 0.25) is 11.8 Å². The molecule has 1 spiro atoms. The summed E-state index contributed by atoms with van der Waals surface area (Å²) in [6.07, 6.45) is 1.88. The fourth-order valence-electron chi connectivity index (χ4n) is 3.33. The molecule has 152 valence electrons. The number of amides is 2. The molecular formula is C17H28ClN5O4. The van der Waals surface area contributed by atoms with Crippen LogP contribution in [0.1, 0.15) is 38.4 Å². The number of aromatic nitrogens is 2. The molecule has 3 heterocycles. The number of likely N-dealkylation sites (N-methyl/N-ethyl adjacent to an activating group) is 1. The van der Waals surface area contributed by atoms with Crippen molar-refractivity contribution in [3.05, 3.63) is 11.7 Å². The van der Waals surface area contributed by atoms with Gasteiger partial charge in [-0.15, -0.1) is 12.4 Å². The van der Waals surface area contributed by atoms with Gasteiger partial charge in [-0.2, -0.15) is 4.98 Å². The first-order valence-corrected chi connectivity index (χ1v) is 9.11. The zero-order valence-corrected chi connectivity index (χ0v) is 16.9. The van der Waals surface area contributed by atoms with Gasteiger partial charge in [0.1, 0.15) is 12.1 Å². The molecule has 3 rings (SSSR count). The molecule has 27 heavy (non-hydrogen) atoms. The minimum Gasteiger partial charge on any atom is -0.441 e. The molecule has 0 atom stereocenters. The van der Waals surface area contributed by atoms with Crippen molar-refractivity contribution in [2.75, 3.05) is 33.2 Å². The lowest BCUT2D eigenvalue weighted by Crippen LogP contribution is -2.46. The van der Waals surface area contributed by atoms with E-state index < -0.39 is 11.7 Å². The van der Waals surface area contributed by atoms with E-state index in [1.165, 1.54) is 9.80 Å². The topological polar surface area (TPSA) is 101 Å². The van der Waals surface area contributed by atoms with E-state index >= 15 is 0 Å². The summed E-state index contributed by atoms with van der Waals surface area (Å²) in [5, 5.41) is 7.18. The van der Waals surface area contributed by atoms with Crippen LogP contribution in [0, 0.1) is 5.92 Å². The Balaban J connectivity index is 0.00000261. The minimum absolute atomic E-state index is 0. The van der Waals surface area contributed by atoms with Crippen molar-refractivity contribution in [1.29, 1.82) is 0 Å². The number of halogens is 1. The van der Waals surface area contributed by atoms with Crippen molar-refractivity contribution in [3.63, 3.8) is 0 Å². The Kier molecular flexibility index (Phi) is 7.05. The van der Waals surface area contributed by atoms with Crippen LogP contribution < -0.4 is 5.32 Å². The zero-order valence-electron chi connectivity index (χ0n) is 16.1. The third-order valence-corrected chi connectivity index (χ3v) is 4.78. The van der Waals surface area contributed by atoms with Gasteiger partial charge in [0.05, 0.1) is 13.1 Å². The molecule has 2 aliphatic heterocycles. The molecule has 1 aromatic rings. The quantitative estimate of drug-likeness (QED) is 0.764. The van der Waals surface area contributed by atoms with Crippen molar-refractivity contribution < 1.29 is 18.8 Å². The van der Waals surface area contributed by atoms with E-state index in [1.807, 2.05) is 0 Å². The third-order valence-electron chi connectivity index (χ3n) is 4.78. The molecule has 0 unspecified atom stereocenters. The summed E-state index contributed by atoms with van der Waals surface area (Å²) in [6, 6.07) is 0. The Hall–Kier alpha value is -1.87. The van der Waals surface area contributed by atoms with Gasteiger partial charge in [-0.05, 0) is 19.0 Å². The summed E-state index contributed by atoms with van der Waals surface area (Å²) in [6.45, 7) is 6.49. The number of carbonyl (C=O) groups excluding carboxylic acids is 2. The fourth-order valence-corrected chi connectivity index (χ4v) is 3.33. The van der Waals surface area contributed by atoms with Crippen molar-refractivity contribution in [2.45, 2.75) is 45.3 Å². The number of hydrogen-bond donors (Lipinski definition) is 1. The number of piperidine rings is 1. The van der Waals surface area contributed by atoms with E-state index in [0.717, 1.165) is 32.4 Å². The molecule has 0 aliphatic carbocycles. The molecule has 0 aromatic carbocycles. The Morgan fingerprint density at radius 2 is 2.07 bits per heavy atom. The molecule has 0 saturated carbocycles. The van der Waals surface area contributed by atoms with E-state index in [0.29, 0.717) is 24.2 Å². The molecule has 10 heteroatoms. The SMILES string of the molecule is CC(C)Cc1noc(CN(C)C(=O)CN2CC3(CCNCC3)OC2=O)n1.Cl. The van der Waals surface area contributed by atoms with Crippen LogP contribution in [0.5, 0.6) is 0 Å². The molecule has 2 amide bonds. The summed E-state index contributed by atoms with van der Waals surface area (Å²) >= 11 is 0. The van der Waals surface area contributed by atoms with Crippen LogP contribution in [0.2, 0.25) is 0 Å². The van der Waals surface area contributed by atoms with Crippen molar-refractivity contribution in [3.8, 4) is 0 Å². The maximum Gasteiger partial charge on any atom is 0.410 e. The van der Waals surface area contributed by atoms with Crippen LogP contribution in [0.4, 0.5) is 4.79 Å². The monoisotopic (exact) mass is 401 g/mol. The summed E-state index contributed by atoms with van der Waals surface area (Å²) in [7, 11) is 1.66. The van der Waals surface area contributed by atoms with Crippen LogP contribution in [-0.2, 0) is 22.5 Å². The molecule has 2 fully saturated rings. The smallest absolute Gasteiger partial charge is 0.410 e. The molecule has 2 saturated heterocycles. The summed E-state index contributed by atoms with van der Waals surface area (Å²) in [4.78, 5) is 31.9. The van der Waals surface area contributed by atoms with Gasteiger partial charge in [-0.25, -0.2) is 4.79 Å². The van der Waals surface area contributed by atoms with Gasteiger partial charge in [0.25, 0.3) is 0 Å². The van der Waals surface area contributed by atoms with Crippen LogP contribution in [0.3, 0.4) is 0 Å². The predicted molar refractivity (Wildman–Crippen MR) is 99.5 cm³/mol. The minimum atomic E-state index is -0.445. The number of carbonyl (C=O) groups is 2. The average Bonchev–Trinajstić information content (AvgIpc) is 3.12. The van der Waals surface area contributed by atoms with Gasteiger partial charge in [0, 0.05) is 26.3 Å². The number of nitrogens with one attached hydrogen (secondary N) is 1. The average molecular weight is 402 g/mol. The number of hydrogen-bond acceptors (Lipinski definition) is 7. The predicted octanol–water partition coefficient (Wildman–Crippen LogP) is 1.22. The zero-order chi connectivity index (χ0) is 18.7. The van der Waals surface area contributed by atoms with Crippen LogP contribution >= 0.6 is 12.4 Å². The number of nitrogens with zero attached hydrogens (tertiary/aromatic N) is 4. The lowest BCUT2D eigenvalue weighted by atomic mass is 9.92. The lowest BCUT2D eigenvalue weighted by Gasteiger charge is -2.31. The Morgan fingerprint density at radius 3 is 2.74 bits per heavy atom. The Bertz CT molecular complexity index is 660. The van der Waals surface area contributed by atoms with Crippen molar-refractivity contribution in [2.24, 2.45) is 5.92 Å². The summed E-state index contributed by atoms with van der Waals surface area (Å²) in [5.41, 5.74) is -0.445. The molecule has 9 nitrogen and oxygen atoms in total. The van der Waals surface area contributed by atoms with E-state index in [9.17, 15) is 9.59 Å². The third kappa shape index (κ3) is 5.32. The molecular weight excluding hydrogens is 374 g/mol. The Morgan fingerprint density at radius 1 is 1.37 bits per heavy atom. The lowest BCUT2D eigenvalue weighted by molar-refractivity contribution is -0.131. The fraction of sp³-hybridized carbons (Fsp3) is 0.765. The van der Waals surface area contributed by atoms with Crippen LogP contribution in [-0.4, -0.2) is 70.8 Å². The van der Waals surface area contributed by atoms with Gasteiger partial charge in [-0.1, -0.05) is 19.0 Å². The van der Waals surface area contributed by atoms with E-state index in [1.54, 1.807) is 7.05 Å². The second-order valence-corrected chi connectivity index (χ2v) is 7.61. The standard InChI is InChI=1S/C17H27N5O4.ClH/c1-12(2)8-13-19-14(26-20-13)9-21(3)15(23)10-22-11-17(25-16(22)24)4-6-18-7-5-17;/h12,18H,4-11H2,1-3H3;1H. The van der Waals surface area contributed by atoms with E-state index in [4.69, 9.17) is 9.26 Å². The first-order valence-electron chi connectivity index (χ1n) is 9.11. The van der Waals surface area contributed by atoms with Crippen LogP contribution in [0.25, 0.3) is 0 Å². The highest BCUT2D eigenvalue weighted by Gasteiger charge is 2.46. The van der Waals surface area contributed by atoms with Gasteiger partial charge in [0.15, 0.2) is 5.82 Å². The number of ether oxygens (including phenoxy) is 1. The second-order valence-electron chi connectivity index (χ2n) is 7.61. The Labute approximate surface area is 165 Å². The maximum atomic E-state index is 12.5. The molecule has 1 N–H and O–H groups in total. The summed E-state index contributed by atoms with van der Waals surface area (Å²) in [5.74, 6) is 1.29.